The van der Waals surface area contributed by atoms with E-state index in [9.17, 15) is 9.18 Å². The van der Waals surface area contributed by atoms with Crippen LogP contribution in [0, 0.1) is 19.7 Å². The Hall–Kier alpha value is -3.46. The molecular formula is C23H23FN6OS. The van der Waals surface area contributed by atoms with Gasteiger partial charge in [-0.3, -0.25) is 14.0 Å². The van der Waals surface area contributed by atoms with Gasteiger partial charge in [-0.15, -0.1) is 10.2 Å². The molecule has 0 radical (unpaired) electrons. The van der Waals surface area contributed by atoms with Crippen LogP contribution in [0.4, 0.5) is 4.39 Å². The topological polar surface area (TPSA) is 77.6 Å². The van der Waals surface area contributed by atoms with Crippen LogP contribution in [0.1, 0.15) is 33.1 Å². The van der Waals surface area contributed by atoms with Crippen LogP contribution in [0.15, 0.2) is 59.8 Å². The van der Waals surface area contributed by atoms with Gasteiger partial charge in [0.2, 0.25) is 0 Å². The van der Waals surface area contributed by atoms with E-state index in [0.29, 0.717) is 23.1 Å². The van der Waals surface area contributed by atoms with Crippen LogP contribution in [-0.2, 0) is 13.1 Å². The van der Waals surface area contributed by atoms with E-state index < -0.39 is 0 Å². The Morgan fingerprint density at radius 1 is 1.06 bits per heavy atom. The Labute approximate surface area is 189 Å². The number of carbonyl (C=O) groups is 1. The van der Waals surface area contributed by atoms with Crippen molar-refractivity contribution in [3.05, 3.63) is 88.8 Å². The number of carbonyl (C=O) groups excluding carboxylic acids is 1. The molecule has 0 aliphatic heterocycles. The van der Waals surface area contributed by atoms with Gasteiger partial charge in [0.25, 0.3) is 5.91 Å². The molecule has 1 amide bonds. The van der Waals surface area contributed by atoms with Gasteiger partial charge in [0, 0.05) is 16.9 Å². The third kappa shape index (κ3) is 4.72. The molecule has 0 saturated heterocycles. The summed E-state index contributed by atoms with van der Waals surface area (Å²) in [6.45, 7) is 4.84. The van der Waals surface area contributed by atoms with Crippen LogP contribution >= 0.6 is 11.8 Å². The quantitative estimate of drug-likeness (QED) is 0.432. The normalized spacial score (nSPS) is 11.0. The molecule has 9 heteroatoms. The number of amides is 1. The molecule has 1 N–H and O–H groups in total. The van der Waals surface area contributed by atoms with E-state index in [1.54, 1.807) is 24.3 Å². The van der Waals surface area contributed by atoms with Crippen LogP contribution in [0.5, 0.6) is 0 Å². The molecule has 7 nitrogen and oxygen atoms in total. The smallest absolute Gasteiger partial charge is 0.251 e. The zero-order valence-corrected chi connectivity index (χ0v) is 18.9. The van der Waals surface area contributed by atoms with Crippen LogP contribution in [0.3, 0.4) is 0 Å². The highest BCUT2D eigenvalue weighted by molar-refractivity contribution is 7.98. The molecule has 0 fully saturated rings. The third-order valence-electron chi connectivity index (χ3n) is 5.03. The first-order valence-corrected chi connectivity index (χ1v) is 11.3. The van der Waals surface area contributed by atoms with Crippen molar-refractivity contribution in [1.29, 1.82) is 0 Å². The summed E-state index contributed by atoms with van der Waals surface area (Å²) >= 11 is 1.43. The molecule has 0 atom stereocenters. The third-order valence-corrected chi connectivity index (χ3v) is 5.66. The number of hydrogen-bond donors (Lipinski definition) is 1. The van der Waals surface area contributed by atoms with E-state index in [2.05, 4.69) is 20.6 Å². The van der Waals surface area contributed by atoms with Gasteiger partial charge in [-0.2, -0.15) is 5.10 Å². The van der Waals surface area contributed by atoms with Gasteiger partial charge in [0.1, 0.15) is 5.82 Å². The van der Waals surface area contributed by atoms with Crippen molar-refractivity contribution >= 4 is 17.7 Å². The number of nitrogens with one attached hydrogen (secondary N) is 1. The van der Waals surface area contributed by atoms with Gasteiger partial charge in [0.15, 0.2) is 11.0 Å². The predicted molar refractivity (Wildman–Crippen MR) is 122 cm³/mol. The average molecular weight is 451 g/mol. The largest absolute Gasteiger partial charge is 0.345 e. The summed E-state index contributed by atoms with van der Waals surface area (Å²) in [7, 11) is 0. The second kappa shape index (κ2) is 9.35. The first-order valence-electron chi connectivity index (χ1n) is 10.1. The highest BCUT2D eigenvalue weighted by atomic mass is 32.2. The van der Waals surface area contributed by atoms with Crippen LogP contribution in [0.25, 0.3) is 5.69 Å². The van der Waals surface area contributed by atoms with Crippen molar-refractivity contribution in [1.82, 2.24) is 29.9 Å². The molecule has 32 heavy (non-hydrogen) atoms. The van der Waals surface area contributed by atoms with Crippen molar-refractivity contribution < 1.29 is 9.18 Å². The molecule has 0 aliphatic rings. The standard InChI is InChI=1S/C23H23FN6OS/c1-15-12-16(2)29(28-15)14-17-4-6-18(7-5-17)22(31)25-13-21-26-27-23(32-3)30(21)20-10-8-19(24)9-11-20/h4-12H,13-14H2,1-3H3,(H,25,31). The molecule has 4 aromatic rings. The highest BCUT2D eigenvalue weighted by Crippen LogP contribution is 2.20. The lowest BCUT2D eigenvalue weighted by Crippen LogP contribution is -2.24. The number of aromatic nitrogens is 5. The molecule has 2 aromatic carbocycles. The molecule has 0 bridgehead atoms. The Morgan fingerprint density at radius 2 is 1.78 bits per heavy atom. The van der Waals surface area contributed by atoms with Crippen molar-refractivity contribution in [2.75, 3.05) is 6.26 Å². The number of halogens is 1. The minimum atomic E-state index is -0.316. The van der Waals surface area contributed by atoms with E-state index in [-0.39, 0.29) is 18.3 Å². The fourth-order valence-corrected chi connectivity index (χ4v) is 3.94. The fourth-order valence-electron chi connectivity index (χ4n) is 3.43. The summed E-state index contributed by atoms with van der Waals surface area (Å²) in [6.07, 6.45) is 1.89. The van der Waals surface area contributed by atoms with E-state index in [4.69, 9.17) is 0 Å². The monoisotopic (exact) mass is 450 g/mol. The summed E-state index contributed by atoms with van der Waals surface area (Å²) in [5.41, 5.74) is 4.43. The maximum absolute atomic E-state index is 13.3. The van der Waals surface area contributed by atoms with Gasteiger partial charge in [0.05, 0.1) is 18.8 Å². The number of nitrogens with zero attached hydrogens (tertiary/aromatic N) is 5. The molecule has 0 saturated carbocycles. The lowest BCUT2D eigenvalue weighted by molar-refractivity contribution is 0.0949. The van der Waals surface area contributed by atoms with Crippen LogP contribution in [-0.4, -0.2) is 36.7 Å². The highest BCUT2D eigenvalue weighted by Gasteiger charge is 2.15. The van der Waals surface area contributed by atoms with Crippen LogP contribution < -0.4 is 5.32 Å². The molecular weight excluding hydrogens is 427 g/mol. The SMILES string of the molecule is CSc1nnc(CNC(=O)c2ccc(Cn3nc(C)cc3C)cc2)n1-c1ccc(F)cc1. The van der Waals surface area contributed by atoms with Gasteiger partial charge < -0.3 is 5.32 Å². The van der Waals surface area contributed by atoms with E-state index in [1.165, 1.54) is 23.9 Å². The fraction of sp³-hybridized carbons (Fsp3) is 0.217. The van der Waals surface area contributed by atoms with Gasteiger partial charge in [-0.05, 0) is 68.1 Å². The number of hydrogen-bond acceptors (Lipinski definition) is 5. The first kappa shape index (κ1) is 21.8. The van der Waals surface area contributed by atoms with Crippen LogP contribution in [0.2, 0.25) is 0 Å². The Kier molecular flexibility index (Phi) is 6.36. The lowest BCUT2D eigenvalue weighted by Gasteiger charge is -2.10. The Balaban J connectivity index is 1.44. The predicted octanol–water partition coefficient (Wildman–Crippen LogP) is 3.92. The molecule has 164 valence electrons. The van der Waals surface area contributed by atoms with Crippen molar-refractivity contribution in [3.63, 3.8) is 0 Å². The number of thioether (sulfide) groups is 1. The summed E-state index contributed by atoms with van der Waals surface area (Å²) in [5.74, 6) is 0.0427. The molecule has 0 aliphatic carbocycles. The Bertz CT molecular complexity index is 1230. The second-order valence-corrected chi connectivity index (χ2v) is 8.15. The van der Waals surface area contributed by atoms with Gasteiger partial charge >= 0.3 is 0 Å². The molecule has 2 heterocycles. The zero-order chi connectivity index (χ0) is 22.7. The van der Waals surface area contributed by atoms with Crippen molar-refractivity contribution in [3.8, 4) is 5.69 Å². The molecule has 4 rings (SSSR count). The number of benzene rings is 2. The Morgan fingerprint density at radius 3 is 2.41 bits per heavy atom. The van der Waals surface area contributed by atoms with E-state index in [0.717, 1.165) is 22.6 Å². The summed E-state index contributed by atoms with van der Waals surface area (Å²) in [5, 5.41) is 16.4. The van der Waals surface area contributed by atoms with Crippen molar-refractivity contribution in [2.24, 2.45) is 0 Å². The maximum atomic E-state index is 13.3. The average Bonchev–Trinajstić information content (AvgIpc) is 3.34. The number of aryl methyl sites for hydroxylation is 2. The van der Waals surface area contributed by atoms with Gasteiger partial charge in [-0.25, -0.2) is 4.39 Å². The maximum Gasteiger partial charge on any atom is 0.251 e. The lowest BCUT2D eigenvalue weighted by atomic mass is 10.1. The molecule has 2 aromatic heterocycles. The van der Waals surface area contributed by atoms with E-state index in [1.807, 2.05) is 47.6 Å². The summed E-state index contributed by atoms with van der Waals surface area (Å²) < 4.78 is 17.1. The summed E-state index contributed by atoms with van der Waals surface area (Å²) in [4.78, 5) is 12.7. The minimum absolute atomic E-state index is 0.192. The zero-order valence-electron chi connectivity index (χ0n) is 18.0. The van der Waals surface area contributed by atoms with E-state index >= 15 is 0 Å². The minimum Gasteiger partial charge on any atom is -0.345 e. The second-order valence-electron chi connectivity index (χ2n) is 7.38. The van der Waals surface area contributed by atoms with Gasteiger partial charge in [-0.1, -0.05) is 23.9 Å². The van der Waals surface area contributed by atoms with Crippen molar-refractivity contribution in [2.45, 2.75) is 32.1 Å². The molecule has 0 unspecified atom stereocenters. The first-order chi connectivity index (χ1) is 15.4. The number of rotatable bonds is 7. The molecule has 0 spiro atoms. The summed E-state index contributed by atoms with van der Waals surface area (Å²) in [6, 6.07) is 15.6.